The number of hydrogen-bond acceptors (Lipinski definition) is 5. The number of benzene rings is 1. The zero-order chi connectivity index (χ0) is 13.0. The van der Waals surface area contributed by atoms with Crippen LogP contribution in [0.4, 0.5) is 0 Å². The second-order valence-corrected chi connectivity index (χ2v) is 3.46. The molecular weight excluding hydrogens is 236 g/mol. The largest absolute Gasteiger partial charge is 0.476 e. The molecule has 2 N–H and O–H groups in total. The summed E-state index contributed by atoms with van der Waals surface area (Å²) >= 11 is 0. The van der Waals surface area contributed by atoms with Gasteiger partial charge in [-0.1, -0.05) is 12.1 Å². The van der Waals surface area contributed by atoms with E-state index in [0.29, 0.717) is 11.3 Å². The van der Waals surface area contributed by atoms with E-state index in [1.54, 1.807) is 24.3 Å². The van der Waals surface area contributed by atoms with Crippen LogP contribution in [-0.2, 0) is 6.61 Å². The molecule has 0 aliphatic heterocycles. The molecule has 0 unspecified atom stereocenters. The molecule has 18 heavy (non-hydrogen) atoms. The van der Waals surface area contributed by atoms with Crippen LogP contribution in [0.25, 0.3) is 0 Å². The molecule has 0 spiro atoms. The van der Waals surface area contributed by atoms with Crippen LogP contribution in [0.3, 0.4) is 0 Å². The quantitative estimate of drug-likeness (QED) is 0.848. The lowest BCUT2D eigenvalue weighted by molar-refractivity contribution is 0.0689. The van der Waals surface area contributed by atoms with E-state index in [4.69, 9.17) is 14.9 Å². The summed E-state index contributed by atoms with van der Waals surface area (Å²) in [5.41, 5.74) is 0.501. The summed E-state index contributed by atoms with van der Waals surface area (Å²) in [7, 11) is 0. The fourth-order valence-electron chi connectivity index (χ4n) is 1.33. The fourth-order valence-corrected chi connectivity index (χ4v) is 1.33. The first-order valence-electron chi connectivity index (χ1n) is 5.12. The predicted molar refractivity (Wildman–Crippen MR) is 61.4 cm³/mol. The van der Waals surface area contributed by atoms with Gasteiger partial charge in [0, 0.05) is 0 Å². The maximum absolute atomic E-state index is 10.7. The Bertz CT molecular complexity index is 572. The van der Waals surface area contributed by atoms with Crippen LogP contribution in [0.1, 0.15) is 16.1 Å². The first kappa shape index (κ1) is 12.0. The molecule has 1 aromatic carbocycles. The van der Waals surface area contributed by atoms with E-state index < -0.39 is 5.97 Å². The molecule has 0 saturated carbocycles. The summed E-state index contributed by atoms with van der Waals surface area (Å²) in [6.45, 7) is -0.0992. The fraction of sp³-hybridized carbons (Fsp3) is 0.0833. The highest BCUT2D eigenvalue weighted by molar-refractivity contribution is 5.84. The van der Waals surface area contributed by atoms with Gasteiger partial charge in [-0.15, -0.1) is 0 Å². The maximum atomic E-state index is 10.7. The molecule has 2 aromatic rings. The number of aromatic carboxylic acids is 1. The molecule has 6 heteroatoms. The van der Waals surface area contributed by atoms with Crippen molar-refractivity contribution >= 4 is 5.97 Å². The first-order valence-corrected chi connectivity index (χ1v) is 5.12. The summed E-state index contributed by atoms with van der Waals surface area (Å²) < 4.78 is 5.36. The van der Waals surface area contributed by atoms with Gasteiger partial charge in [0.05, 0.1) is 19.0 Å². The number of hydrogen-bond donors (Lipinski definition) is 2. The van der Waals surface area contributed by atoms with Gasteiger partial charge in [-0.25, -0.2) is 9.78 Å². The van der Waals surface area contributed by atoms with E-state index in [1.807, 2.05) is 0 Å². The van der Waals surface area contributed by atoms with Crippen molar-refractivity contribution in [1.29, 1.82) is 0 Å². The number of carbonyl (C=O) groups is 1. The van der Waals surface area contributed by atoms with Crippen molar-refractivity contribution in [3.05, 3.63) is 47.9 Å². The van der Waals surface area contributed by atoms with E-state index in [1.165, 1.54) is 6.20 Å². The highest BCUT2D eigenvalue weighted by Crippen LogP contribution is 2.20. The Labute approximate surface area is 103 Å². The summed E-state index contributed by atoms with van der Waals surface area (Å²) in [5.74, 6) is -0.625. The lowest BCUT2D eigenvalue weighted by Crippen LogP contribution is -2.02. The Kier molecular flexibility index (Phi) is 3.49. The smallest absolute Gasteiger partial charge is 0.356 e. The van der Waals surface area contributed by atoms with Gasteiger partial charge >= 0.3 is 5.97 Å². The molecular formula is C12H10N2O4. The van der Waals surface area contributed by atoms with E-state index in [0.717, 1.165) is 6.20 Å². The average molecular weight is 246 g/mol. The zero-order valence-corrected chi connectivity index (χ0v) is 9.28. The number of rotatable bonds is 4. The second kappa shape index (κ2) is 5.24. The predicted octanol–water partition coefficient (Wildman–Crippen LogP) is 1.46. The van der Waals surface area contributed by atoms with Crippen molar-refractivity contribution in [3.63, 3.8) is 0 Å². The van der Waals surface area contributed by atoms with Gasteiger partial charge in [-0.05, 0) is 17.7 Å². The molecule has 2 rings (SSSR count). The molecule has 0 fully saturated rings. The topological polar surface area (TPSA) is 92.5 Å². The zero-order valence-electron chi connectivity index (χ0n) is 9.28. The van der Waals surface area contributed by atoms with Crippen LogP contribution in [0.5, 0.6) is 11.6 Å². The minimum Gasteiger partial charge on any atom is -0.476 e. The standard InChI is InChI=1S/C12H10N2O4/c15-7-8-2-1-3-9(4-8)18-11-6-13-5-10(14-11)12(16)17/h1-6,15H,7H2,(H,16,17). The van der Waals surface area contributed by atoms with Crippen LogP contribution in [0, 0.1) is 0 Å². The number of nitrogens with zero attached hydrogens (tertiary/aromatic N) is 2. The van der Waals surface area contributed by atoms with Crippen LogP contribution in [-0.4, -0.2) is 26.2 Å². The summed E-state index contributed by atoms with van der Waals surface area (Å²) in [6, 6.07) is 6.77. The third kappa shape index (κ3) is 2.80. The normalized spacial score (nSPS) is 10.1. The number of ether oxygens (including phenoxy) is 1. The van der Waals surface area contributed by atoms with Crippen molar-refractivity contribution in [2.24, 2.45) is 0 Å². The van der Waals surface area contributed by atoms with Crippen LogP contribution in [0.2, 0.25) is 0 Å². The van der Waals surface area contributed by atoms with E-state index in [2.05, 4.69) is 9.97 Å². The lowest BCUT2D eigenvalue weighted by atomic mass is 10.2. The highest BCUT2D eigenvalue weighted by atomic mass is 16.5. The highest BCUT2D eigenvalue weighted by Gasteiger charge is 2.07. The van der Waals surface area contributed by atoms with Crippen LogP contribution < -0.4 is 4.74 Å². The second-order valence-electron chi connectivity index (χ2n) is 3.46. The molecule has 0 atom stereocenters. The summed E-state index contributed by atoms with van der Waals surface area (Å²) in [6.07, 6.45) is 2.46. The molecule has 92 valence electrons. The summed E-state index contributed by atoms with van der Waals surface area (Å²) in [5, 5.41) is 17.8. The molecule has 0 bridgehead atoms. The van der Waals surface area contributed by atoms with Crippen molar-refractivity contribution in [2.45, 2.75) is 6.61 Å². The van der Waals surface area contributed by atoms with Gasteiger partial charge in [-0.3, -0.25) is 4.98 Å². The van der Waals surface area contributed by atoms with E-state index >= 15 is 0 Å². The van der Waals surface area contributed by atoms with Gasteiger partial charge in [0.2, 0.25) is 5.88 Å². The Morgan fingerprint density at radius 2 is 2.17 bits per heavy atom. The Hall–Kier alpha value is -2.47. The molecule has 1 aromatic heterocycles. The van der Waals surface area contributed by atoms with E-state index in [-0.39, 0.29) is 18.2 Å². The van der Waals surface area contributed by atoms with Crippen LogP contribution in [0.15, 0.2) is 36.7 Å². The van der Waals surface area contributed by atoms with Gasteiger partial charge in [0.25, 0.3) is 0 Å². The van der Waals surface area contributed by atoms with Crippen molar-refractivity contribution in [3.8, 4) is 11.6 Å². The van der Waals surface area contributed by atoms with Gasteiger partial charge in [0.15, 0.2) is 5.69 Å². The Morgan fingerprint density at radius 1 is 1.33 bits per heavy atom. The third-order valence-corrected chi connectivity index (χ3v) is 2.14. The molecule has 6 nitrogen and oxygen atoms in total. The molecule has 1 heterocycles. The average Bonchev–Trinajstić information content (AvgIpc) is 2.39. The number of carboxylic acid groups (broad SMARTS) is 1. The van der Waals surface area contributed by atoms with Gasteiger partial charge in [-0.2, -0.15) is 0 Å². The summed E-state index contributed by atoms with van der Waals surface area (Å²) in [4.78, 5) is 18.2. The monoisotopic (exact) mass is 246 g/mol. The Morgan fingerprint density at radius 3 is 2.89 bits per heavy atom. The van der Waals surface area contributed by atoms with E-state index in [9.17, 15) is 4.79 Å². The Balaban J connectivity index is 2.22. The van der Waals surface area contributed by atoms with Crippen molar-refractivity contribution in [1.82, 2.24) is 9.97 Å². The number of carboxylic acids is 1. The SMILES string of the molecule is O=C(O)c1cncc(Oc2cccc(CO)c2)n1. The number of aromatic nitrogens is 2. The van der Waals surface area contributed by atoms with Gasteiger partial charge in [0.1, 0.15) is 5.75 Å². The maximum Gasteiger partial charge on any atom is 0.356 e. The molecule has 0 aliphatic carbocycles. The lowest BCUT2D eigenvalue weighted by Gasteiger charge is -2.05. The number of aliphatic hydroxyl groups is 1. The van der Waals surface area contributed by atoms with Crippen LogP contribution >= 0.6 is 0 Å². The number of aliphatic hydroxyl groups excluding tert-OH is 1. The van der Waals surface area contributed by atoms with Gasteiger partial charge < -0.3 is 14.9 Å². The molecule has 0 aliphatic rings. The van der Waals surface area contributed by atoms with Crippen molar-refractivity contribution < 1.29 is 19.7 Å². The minimum atomic E-state index is -1.17. The molecule has 0 radical (unpaired) electrons. The molecule has 0 amide bonds. The van der Waals surface area contributed by atoms with Crippen molar-refractivity contribution in [2.75, 3.05) is 0 Å². The third-order valence-electron chi connectivity index (χ3n) is 2.14. The first-order chi connectivity index (χ1) is 8.69. The minimum absolute atomic E-state index is 0.0880. The molecule has 0 saturated heterocycles.